The zero-order chi connectivity index (χ0) is 13.0. The van der Waals surface area contributed by atoms with Gasteiger partial charge < -0.3 is 4.74 Å². The first kappa shape index (κ1) is 13.2. The van der Waals surface area contributed by atoms with E-state index >= 15 is 0 Å². The van der Waals surface area contributed by atoms with Crippen LogP contribution in [0.1, 0.15) is 5.56 Å². The summed E-state index contributed by atoms with van der Waals surface area (Å²) in [5.74, 6) is 0.728. The summed E-state index contributed by atoms with van der Waals surface area (Å²) >= 11 is 4.51. The highest BCUT2D eigenvalue weighted by molar-refractivity contribution is 8.03. The molecule has 0 unspecified atom stereocenters. The van der Waals surface area contributed by atoms with Gasteiger partial charge in [0, 0.05) is 4.90 Å². The van der Waals surface area contributed by atoms with E-state index < -0.39 is 0 Å². The van der Waals surface area contributed by atoms with Crippen LogP contribution in [-0.4, -0.2) is 23.6 Å². The van der Waals surface area contributed by atoms with E-state index in [1.807, 2.05) is 12.3 Å². The Morgan fingerprint density at radius 1 is 1.33 bits per heavy atom. The average Bonchev–Trinajstić information content (AvgIpc) is 2.86. The number of hydrogen-bond acceptors (Lipinski definition) is 7. The Morgan fingerprint density at radius 3 is 2.72 bits per heavy atom. The maximum Gasteiger partial charge on any atom is 0.179 e. The highest BCUT2D eigenvalue weighted by Gasteiger charge is 2.10. The van der Waals surface area contributed by atoms with Crippen molar-refractivity contribution in [2.45, 2.75) is 13.6 Å². The molecule has 0 amide bonds. The highest BCUT2D eigenvalue weighted by atomic mass is 32.2. The Kier molecular flexibility index (Phi) is 4.47. The van der Waals surface area contributed by atoms with E-state index in [-0.39, 0.29) is 0 Å². The lowest BCUT2D eigenvalue weighted by molar-refractivity contribution is 0.413. The van der Waals surface area contributed by atoms with Crippen LogP contribution in [0.25, 0.3) is 0 Å². The summed E-state index contributed by atoms with van der Waals surface area (Å²) in [6.07, 6.45) is 1.96. The van der Waals surface area contributed by atoms with Crippen LogP contribution in [0.2, 0.25) is 0 Å². The molecule has 0 fully saturated rings. The molecule has 1 heterocycles. The van der Waals surface area contributed by atoms with Crippen molar-refractivity contribution in [2.24, 2.45) is 0 Å². The predicted molar refractivity (Wildman–Crippen MR) is 73.5 cm³/mol. The maximum atomic E-state index is 9.07. The first-order valence-electron chi connectivity index (χ1n) is 4.90. The number of methoxy groups -OCH3 is 1. The molecule has 0 aliphatic heterocycles. The van der Waals surface area contributed by atoms with E-state index in [2.05, 4.69) is 16.3 Å². The normalized spacial score (nSPS) is 10.1. The molecule has 0 bridgehead atoms. The lowest BCUT2D eigenvalue weighted by atomic mass is 10.2. The summed E-state index contributed by atoms with van der Waals surface area (Å²) in [7, 11) is 1.60. The molecule has 4 nitrogen and oxygen atoms in total. The standard InChI is InChI=1S/C11H9N3OS3/c1-15-8-4-3-7(6-12)9(5-8)17-11-14-13-10(16-2)18-11/h3-5H,1-2H3. The van der Waals surface area contributed by atoms with Gasteiger partial charge in [-0.25, -0.2) is 0 Å². The molecule has 0 spiro atoms. The van der Waals surface area contributed by atoms with Crippen LogP contribution in [0.3, 0.4) is 0 Å². The first-order valence-corrected chi connectivity index (χ1v) is 7.76. The van der Waals surface area contributed by atoms with Gasteiger partial charge in [0.15, 0.2) is 8.68 Å². The third kappa shape index (κ3) is 2.96. The zero-order valence-electron chi connectivity index (χ0n) is 9.71. The van der Waals surface area contributed by atoms with Gasteiger partial charge in [0.25, 0.3) is 0 Å². The number of benzene rings is 1. The van der Waals surface area contributed by atoms with Crippen LogP contribution in [0.4, 0.5) is 0 Å². The number of aromatic nitrogens is 2. The monoisotopic (exact) mass is 295 g/mol. The van der Waals surface area contributed by atoms with Crippen molar-refractivity contribution >= 4 is 34.9 Å². The molecule has 0 saturated heterocycles. The maximum absolute atomic E-state index is 9.07. The third-order valence-electron chi connectivity index (χ3n) is 2.07. The second-order valence-electron chi connectivity index (χ2n) is 3.11. The Bertz CT molecular complexity index is 591. The minimum atomic E-state index is 0.613. The minimum absolute atomic E-state index is 0.613. The van der Waals surface area contributed by atoms with Gasteiger partial charge in [-0.2, -0.15) is 5.26 Å². The fourth-order valence-electron chi connectivity index (χ4n) is 1.22. The number of rotatable bonds is 4. The molecule has 0 aliphatic carbocycles. The predicted octanol–water partition coefficient (Wildman–Crippen LogP) is 3.29. The summed E-state index contributed by atoms with van der Waals surface area (Å²) in [4.78, 5) is 0.834. The average molecular weight is 295 g/mol. The van der Waals surface area contributed by atoms with Gasteiger partial charge in [0.2, 0.25) is 0 Å². The van der Waals surface area contributed by atoms with Gasteiger partial charge >= 0.3 is 0 Å². The lowest BCUT2D eigenvalue weighted by Gasteiger charge is -2.04. The van der Waals surface area contributed by atoms with Crippen molar-refractivity contribution in [1.82, 2.24) is 10.2 Å². The van der Waals surface area contributed by atoms with Crippen LogP contribution in [0, 0.1) is 11.3 Å². The van der Waals surface area contributed by atoms with Gasteiger partial charge in [0.1, 0.15) is 11.8 Å². The van der Waals surface area contributed by atoms with Crippen molar-refractivity contribution in [3.8, 4) is 11.8 Å². The molecule has 0 radical (unpaired) electrons. The Balaban J connectivity index is 2.29. The topological polar surface area (TPSA) is 58.8 Å². The molecular weight excluding hydrogens is 286 g/mol. The molecule has 92 valence electrons. The van der Waals surface area contributed by atoms with Gasteiger partial charge in [-0.15, -0.1) is 10.2 Å². The van der Waals surface area contributed by atoms with Crippen molar-refractivity contribution in [3.05, 3.63) is 23.8 Å². The van der Waals surface area contributed by atoms with E-state index in [9.17, 15) is 0 Å². The summed E-state index contributed by atoms with van der Waals surface area (Å²) in [6.45, 7) is 0. The largest absolute Gasteiger partial charge is 0.497 e. The SMILES string of the molecule is COc1ccc(C#N)c(Sc2nnc(SC)s2)c1. The number of ether oxygens (including phenoxy) is 1. The van der Waals surface area contributed by atoms with E-state index in [0.29, 0.717) is 5.56 Å². The van der Waals surface area contributed by atoms with Crippen molar-refractivity contribution in [1.29, 1.82) is 5.26 Å². The van der Waals surface area contributed by atoms with E-state index in [4.69, 9.17) is 10.00 Å². The Morgan fingerprint density at radius 2 is 2.11 bits per heavy atom. The summed E-state index contributed by atoms with van der Waals surface area (Å²) in [5, 5.41) is 17.2. The van der Waals surface area contributed by atoms with Gasteiger partial charge in [-0.3, -0.25) is 0 Å². The summed E-state index contributed by atoms with van der Waals surface area (Å²) < 4.78 is 6.90. The highest BCUT2D eigenvalue weighted by Crippen LogP contribution is 2.36. The fraction of sp³-hybridized carbons (Fsp3) is 0.182. The second-order valence-corrected chi connectivity index (χ2v) is 6.43. The number of nitrogens with zero attached hydrogens (tertiary/aromatic N) is 3. The van der Waals surface area contributed by atoms with Crippen LogP contribution < -0.4 is 4.74 Å². The van der Waals surface area contributed by atoms with Gasteiger partial charge in [-0.1, -0.05) is 34.9 Å². The van der Waals surface area contributed by atoms with Gasteiger partial charge in [-0.05, 0) is 24.5 Å². The molecular formula is C11H9N3OS3. The second kappa shape index (κ2) is 6.09. The van der Waals surface area contributed by atoms with E-state index in [1.54, 1.807) is 31.0 Å². The molecule has 1 aromatic carbocycles. The van der Waals surface area contributed by atoms with Crippen LogP contribution in [0.5, 0.6) is 5.75 Å². The quantitative estimate of drug-likeness (QED) is 0.807. The zero-order valence-corrected chi connectivity index (χ0v) is 12.2. The molecule has 0 aliphatic rings. The van der Waals surface area contributed by atoms with E-state index in [1.165, 1.54) is 23.1 Å². The number of hydrogen-bond donors (Lipinski definition) is 0. The van der Waals surface area contributed by atoms with Crippen LogP contribution in [-0.2, 0) is 0 Å². The van der Waals surface area contributed by atoms with Crippen LogP contribution >= 0.6 is 34.9 Å². The number of thioether (sulfide) groups is 1. The minimum Gasteiger partial charge on any atom is -0.497 e. The smallest absolute Gasteiger partial charge is 0.179 e. The van der Waals surface area contributed by atoms with E-state index in [0.717, 1.165) is 19.3 Å². The summed E-state index contributed by atoms with van der Waals surface area (Å²) in [6, 6.07) is 7.52. The molecule has 2 rings (SSSR count). The van der Waals surface area contributed by atoms with Crippen molar-refractivity contribution in [3.63, 3.8) is 0 Å². The summed E-state index contributed by atoms with van der Waals surface area (Å²) in [5.41, 5.74) is 0.613. The van der Waals surface area contributed by atoms with Crippen molar-refractivity contribution < 1.29 is 4.74 Å². The van der Waals surface area contributed by atoms with Gasteiger partial charge in [0.05, 0.1) is 12.7 Å². The molecule has 18 heavy (non-hydrogen) atoms. The lowest BCUT2D eigenvalue weighted by Crippen LogP contribution is -1.86. The van der Waals surface area contributed by atoms with Crippen molar-refractivity contribution in [2.75, 3.05) is 13.4 Å². The molecule has 0 N–H and O–H groups in total. The Labute approximate surface area is 117 Å². The molecule has 0 saturated carbocycles. The molecule has 1 aromatic heterocycles. The fourth-order valence-corrected chi connectivity index (χ4v) is 3.73. The Hall–Kier alpha value is -1.23. The molecule has 2 aromatic rings. The molecule has 0 atom stereocenters. The molecule has 7 heteroatoms. The third-order valence-corrected chi connectivity index (χ3v) is 5.08. The number of nitriles is 1. The van der Waals surface area contributed by atoms with Crippen LogP contribution in [0.15, 0.2) is 31.8 Å². The first-order chi connectivity index (χ1) is 8.76.